The number of anilines is 1. The zero-order chi connectivity index (χ0) is 25.5. The molecule has 4 rings (SSSR count). The highest BCUT2D eigenvalue weighted by atomic mass is 19.4. The van der Waals surface area contributed by atoms with Crippen LogP contribution in [-0.4, -0.2) is 74.9 Å². The van der Waals surface area contributed by atoms with Crippen LogP contribution in [-0.2, 0) is 30.5 Å². The predicted octanol–water partition coefficient (Wildman–Crippen LogP) is 3.34. The molecule has 2 aromatic heterocycles. The Labute approximate surface area is 198 Å². The Morgan fingerprint density at radius 1 is 1.09 bits per heavy atom. The third-order valence-corrected chi connectivity index (χ3v) is 6.42. The summed E-state index contributed by atoms with van der Waals surface area (Å²) in [5.41, 5.74) is 0.394. The second kappa shape index (κ2) is 9.32. The lowest BCUT2D eigenvalue weighted by molar-refractivity contribution is -0.142. The zero-order valence-corrected chi connectivity index (χ0v) is 19.3. The van der Waals surface area contributed by atoms with Crippen LogP contribution in [0, 0.1) is 0 Å². The maximum Gasteiger partial charge on any atom is 0.417 e. The molecule has 0 saturated carbocycles. The summed E-state index contributed by atoms with van der Waals surface area (Å²) in [6, 6.07) is 2.23. The van der Waals surface area contributed by atoms with Crippen molar-refractivity contribution in [2.45, 2.75) is 57.8 Å². The second-order valence-electron chi connectivity index (χ2n) is 9.16. The van der Waals surface area contributed by atoms with E-state index in [-0.39, 0.29) is 31.1 Å². The van der Waals surface area contributed by atoms with Gasteiger partial charge in [0.1, 0.15) is 12.4 Å². The molecule has 0 N–H and O–H groups in total. The number of alkyl halides is 6. The molecule has 0 bridgehead atoms. The van der Waals surface area contributed by atoms with Gasteiger partial charge in [-0.05, 0) is 26.0 Å². The number of carbonyl (C=O) groups excluding carboxylic acids is 1. The van der Waals surface area contributed by atoms with Gasteiger partial charge >= 0.3 is 12.4 Å². The van der Waals surface area contributed by atoms with E-state index in [2.05, 4.69) is 10.1 Å². The van der Waals surface area contributed by atoms with Crippen molar-refractivity contribution in [2.75, 3.05) is 31.1 Å². The Hall–Kier alpha value is -2.83. The normalized spacial score (nSPS) is 21.8. The summed E-state index contributed by atoms with van der Waals surface area (Å²) in [6.45, 7) is 4.43. The fourth-order valence-electron chi connectivity index (χ4n) is 4.70. The highest BCUT2D eigenvalue weighted by Gasteiger charge is 2.35. The Balaban J connectivity index is 1.36. The van der Waals surface area contributed by atoms with Crippen molar-refractivity contribution in [1.29, 1.82) is 0 Å². The smallest absolute Gasteiger partial charge is 0.354 e. The number of rotatable bonds is 4. The van der Waals surface area contributed by atoms with Crippen molar-refractivity contribution in [2.24, 2.45) is 0 Å². The SMILES string of the molecule is CC1CN(c2ccc(C(F)(F)F)cn2)CC(C)N1CC(=O)N1CCc2nn(CC(F)(F)F)cc2C1. The maximum absolute atomic E-state index is 13.0. The van der Waals surface area contributed by atoms with Gasteiger partial charge in [0.15, 0.2) is 0 Å². The zero-order valence-electron chi connectivity index (χ0n) is 19.3. The molecule has 0 spiro atoms. The molecule has 2 atom stereocenters. The van der Waals surface area contributed by atoms with Gasteiger partial charge in [0, 0.05) is 62.6 Å². The molecule has 13 heteroatoms. The molecular weight excluding hydrogens is 478 g/mol. The van der Waals surface area contributed by atoms with E-state index < -0.39 is 24.5 Å². The van der Waals surface area contributed by atoms with Crippen molar-refractivity contribution in [1.82, 2.24) is 24.6 Å². The summed E-state index contributed by atoms with van der Waals surface area (Å²) in [7, 11) is 0. The Morgan fingerprint density at radius 3 is 2.34 bits per heavy atom. The predicted molar refractivity (Wildman–Crippen MR) is 114 cm³/mol. The Kier molecular flexibility index (Phi) is 6.73. The monoisotopic (exact) mass is 504 g/mol. The van der Waals surface area contributed by atoms with Crippen LogP contribution in [0.3, 0.4) is 0 Å². The Bertz CT molecular complexity index is 1040. The first-order chi connectivity index (χ1) is 16.3. The molecule has 0 aromatic carbocycles. The highest BCUT2D eigenvalue weighted by Crippen LogP contribution is 2.30. The van der Waals surface area contributed by atoms with Crippen LogP contribution in [0.25, 0.3) is 0 Å². The highest BCUT2D eigenvalue weighted by molar-refractivity contribution is 5.78. The van der Waals surface area contributed by atoms with Gasteiger partial charge in [0.05, 0.1) is 17.8 Å². The van der Waals surface area contributed by atoms with Crippen molar-refractivity contribution < 1.29 is 31.1 Å². The summed E-state index contributed by atoms with van der Waals surface area (Å²) in [5.74, 6) is 0.320. The number of aromatic nitrogens is 3. The first-order valence-corrected chi connectivity index (χ1v) is 11.2. The van der Waals surface area contributed by atoms with Crippen molar-refractivity contribution in [3.63, 3.8) is 0 Å². The number of amides is 1. The van der Waals surface area contributed by atoms with Gasteiger partial charge in [0.25, 0.3) is 0 Å². The van der Waals surface area contributed by atoms with E-state index >= 15 is 0 Å². The molecule has 2 aliphatic heterocycles. The minimum atomic E-state index is -4.45. The van der Waals surface area contributed by atoms with Crippen molar-refractivity contribution in [3.05, 3.63) is 41.3 Å². The minimum absolute atomic E-state index is 0.0679. The molecule has 35 heavy (non-hydrogen) atoms. The molecule has 2 aliphatic rings. The van der Waals surface area contributed by atoms with E-state index in [4.69, 9.17) is 0 Å². The molecule has 2 unspecified atom stereocenters. The molecule has 1 fully saturated rings. The average molecular weight is 504 g/mol. The summed E-state index contributed by atoms with van der Waals surface area (Å²) < 4.78 is 77.3. The molecular formula is C22H26F6N6O. The van der Waals surface area contributed by atoms with Gasteiger partial charge < -0.3 is 9.80 Å². The molecule has 1 saturated heterocycles. The van der Waals surface area contributed by atoms with Gasteiger partial charge in [-0.3, -0.25) is 14.4 Å². The van der Waals surface area contributed by atoms with Crippen LogP contribution in [0.1, 0.15) is 30.7 Å². The van der Waals surface area contributed by atoms with Crippen LogP contribution in [0.15, 0.2) is 24.5 Å². The van der Waals surface area contributed by atoms with Crippen LogP contribution in [0.2, 0.25) is 0 Å². The fraction of sp³-hybridized carbons (Fsp3) is 0.591. The molecule has 1 amide bonds. The molecule has 4 heterocycles. The number of piperazine rings is 1. The van der Waals surface area contributed by atoms with Crippen LogP contribution in [0.5, 0.6) is 0 Å². The number of nitrogens with zero attached hydrogens (tertiary/aromatic N) is 6. The van der Waals surface area contributed by atoms with Gasteiger partial charge in [0.2, 0.25) is 5.91 Å². The van der Waals surface area contributed by atoms with E-state index in [1.54, 1.807) is 4.90 Å². The lowest BCUT2D eigenvalue weighted by atomic mass is 10.1. The number of halogens is 6. The quantitative estimate of drug-likeness (QED) is 0.598. The number of hydrogen-bond acceptors (Lipinski definition) is 5. The van der Waals surface area contributed by atoms with Gasteiger partial charge in [-0.2, -0.15) is 31.4 Å². The Morgan fingerprint density at radius 2 is 1.77 bits per heavy atom. The number of fused-ring (bicyclic) bond motifs is 1. The van der Waals surface area contributed by atoms with Gasteiger partial charge in [-0.25, -0.2) is 4.98 Å². The molecule has 0 aliphatic carbocycles. The van der Waals surface area contributed by atoms with E-state index in [0.29, 0.717) is 43.1 Å². The van der Waals surface area contributed by atoms with Crippen LogP contribution < -0.4 is 4.90 Å². The third kappa shape index (κ3) is 5.88. The van der Waals surface area contributed by atoms with Crippen molar-refractivity contribution >= 4 is 11.7 Å². The second-order valence-corrected chi connectivity index (χ2v) is 9.16. The average Bonchev–Trinajstić information content (AvgIpc) is 3.15. The first-order valence-electron chi connectivity index (χ1n) is 11.2. The third-order valence-electron chi connectivity index (χ3n) is 6.42. The molecule has 192 valence electrons. The van der Waals surface area contributed by atoms with Gasteiger partial charge in [-0.1, -0.05) is 0 Å². The van der Waals surface area contributed by atoms with Crippen LogP contribution in [0.4, 0.5) is 32.2 Å². The minimum Gasteiger partial charge on any atom is -0.354 e. The van der Waals surface area contributed by atoms with Gasteiger partial charge in [-0.15, -0.1) is 0 Å². The van der Waals surface area contributed by atoms with E-state index in [1.807, 2.05) is 23.6 Å². The van der Waals surface area contributed by atoms with E-state index in [9.17, 15) is 31.1 Å². The lowest BCUT2D eigenvalue weighted by Gasteiger charge is -2.45. The fourth-order valence-corrected chi connectivity index (χ4v) is 4.70. The number of carbonyl (C=O) groups is 1. The summed E-state index contributed by atoms with van der Waals surface area (Å²) >= 11 is 0. The topological polar surface area (TPSA) is 57.5 Å². The summed E-state index contributed by atoms with van der Waals surface area (Å²) in [6.07, 6.45) is -6.25. The number of pyridine rings is 1. The van der Waals surface area contributed by atoms with Crippen LogP contribution >= 0.6 is 0 Å². The molecule has 2 aromatic rings. The summed E-state index contributed by atoms with van der Waals surface area (Å²) in [5, 5.41) is 4.00. The van der Waals surface area contributed by atoms with Crippen molar-refractivity contribution in [3.8, 4) is 0 Å². The summed E-state index contributed by atoms with van der Waals surface area (Å²) in [4.78, 5) is 22.6. The first kappa shape index (κ1) is 25.3. The maximum atomic E-state index is 13.0. The standard InChI is InChI=1S/C22H26F6N6O/c1-14-8-32(19-4-3-17(7-29-19)22(26,27)28)9-15(2)34(14)12-20(35)31-6-5-18-16(10-31)11-33(30-18)13-21(23,24)25/h3-4,7,11,14-15H,5-6,8-10,12-13H2,1-2H3. The lowest BCUT2D eigenvalue weighted by Crippen LogP contribution is -2.59. The van der Waals surface area contributed by atoms with E-state index in [1.165, 1.54) is 12.3 Å². The molecule has 0 radical (unpaired) electrons. The largest absolute Gasteiger partial charge is 0.417 e. The molecule has 7 nitrogen and oxygen atoms in total. The number of hydrogen-bond donors (Lipinski definition) is 0. The van der Waals surface area contributed by atoms with E-state index in [0.717, 1.165) is 16.9 Å².